The van der Waals surface area contributed by atoms with E-state index < -0.39 is 0 Å². The minimum absolute atomic E-state index is 0.840. The Balaban J connectivity index is 1.97. The van der Waals surface area contributed by atoms with Crippen molar-refractivity contribution in [3.8, 4) is 0 Å². The summed E-state index contributed by atoms with van der Waals surface area (Å²) in [6.07, 6.45) is 1.87. The number of benzene rings is 2. The summed E-state index contributed by atoms with van der Waals surface area (Å²) in [6.45, 7) is 2.04. The van der Waals surface area contributed by atoms with Crippen molar-refractivity contribution in [1.82, 2.24) is 9.97 Å². The summed E-state index contributed by atoms with van der Waals surface area (Å²) < 4.78 is 0. The normalized spacial score (nSPS) is 11.0. The second-order valence-electron chi connectivity index (χ2n) is 5.37. The van der Waals surface area contributed by atoms with E-state index in [1.54, 1.807) is 0 Å². The molecule has 2 aromatic heterocycles. The zero-order chi connectivity index (χ0) is 14.9. The molecular weight excluding hydrogens is 270 g/mol. The van der Waals surface area contributed by atoms with Crippen molar-refractivity contribution in [2.24, 2.45) is 0 Å². The highest BCUT2D eigenvalue weighted by atomic mass is 15.0. The fraction of sp³-hybridized carbons (Fsp3) is 0.0526. The maximum absolute atomic E-state index is 4.73. The van der Waals surface area contributed by atoms with Crippen LogP contribution < -0.4 is 5.32 Å². The quantitative estimate of drug-likeness (QED) is 0.536. The Labute approximate surface area is 128 Å². The van der Waals surface area contributed by atoms with Crippen molar-refractivity contribution in [2.45, 2.75) is 6.92 Å². The van der Waals surface area contributed by atoms with Gasteiger partial charge in [0.25, 0.3) is 0 Å². The molecule has 2 aromatic carbocycles. The number of aryl methyl sites for hydroxylation is 1. The van der Waals surface area contributed by atoms with Crippen LogP contribution in [0.3, 0.4) is 0 Å². The first-order valence-electron chi connectivity index (χ1n) is 7.28. The van der Waals surface area contributed by atoms with Gasteiger partial charge >= 0.3 is 0 Å². The van der Waals surface area contributed by atoms with Crippen LogP contribution in [-0.4, -0.2) is 9.97 Å². The molecule has 106 valence electrons. The molecule has 3 heteroatoms. The van der Waals surface area contributed by atoms with Crippen molar-refractivity contribution >= 4 is 33.3 Å². The van der Waals surface area contributed by atoms with Gasteiger partial charge in [-0.25, -0.2) is 9.97 Å². The third-order valence-electron chi connectivity index (χ3n) is 3.75. The van der Waals surface area contributed by atoms with Gasteiger partial charge in [0, 0.05) is 17.0 Å². The van der Waals surface area contributed by atoms with Crippen LogP contribution >= 0.6 is 0 Å². The molecule has 0 aliphatic rings. The maximum Gasteiger partial charge on any atom is 0.130 e. The number of hydrogen-bond acceptors (Lipinski definition) is 3. The molecule has 0 saturated heterocycles. The van der Waals surface area contributed by atoms with E-state index in [-0.39, 0.29) is 0 Å². The molecule has 0 amide bonds. The van der Waals surface area contributed by atoms with Gasteiger partial charge in [-0.3, -0.25) is 0 Å². The van der Waals surface area contributed by atoms with E-state index in [2.05, 4.69) is 28.5 Å². The van der Waals surface area contributed by atoms with Crippen molar-refractivity contribution in [3.63, 3.8) is 0 Å². The van der Waals surface area contributed by atoms with Crippen LogP contribution in [-0.2, 0) is 0 Å². The zero-order valence-corrected chi connectivity index (χ0v) is 12.2. The van der Waals surface area contributed by atoms with Crippen molar-refractivity contribution in [2.75, 3.05) is 5.32 Å². The molecule has 0 aliphatic heterocycles. The molecule has 0 radical (unpaired) electrons. The Bertz CT molecular complexity index is 905. The first-order valence-corrected chi connectivity index (χ1v) is 7.28. The molecule has 22 heavy (non-hydrogen) atoms. The van der Waals surface area contributed by atoms with Gasteiger partial charge in [-0.15, -0.1) is 0 Å². The molecule has 0 bridgehead atoms. The average molecular weight is 285 g/mol. The Hall–Kier alpha value is -2.94. The van der Waals surface area contributed by atoms with E-state index in [0.29, 0.717) is 0 Å². The summed E-state index contributed by atoms with van der Waals surface area (Å²) in [5.41, 5.74) is 4.17. The maximum atomic E-state index is 4.73. The Morgan fingerprint density at radius 1 is 0.773 bits per heavy atom. The number of fused-ring (bicyclic) bond motifs is 2. The number of nitrogens with zero attached hydrogens (tertiary/aromatic N) is 2. The lowest BCUT2D eigenvalue weighted by Gasteiger charge is -2.12. The summed E-state index contributed by atoms with van der Waals surface area (Å²) >= 11 is 0. The second-order valence-corrected chi connectivity index (χ2v) is 5.37. The summed E-state index contributed by atoms with van der Waals surface area (Å²) in [4.78, 5) is 9.19. The molecule has 0 saturated carbocycles. The highest BCUT2D eigenvalue weighted by Crippen LogP contribution is 2.32. The SMILES string of the molecule is Cc1ccc(Nc2c3ccccc3nc3ccccc23)nc1. The van der Waals surface area contributed by atoms with Gasteiger partial charge in [-0.1, -0.05) is 42.5 Å². The van der Waals surface area contributed by atoms with Crippen molar-refractivity contribution in [1.29, 1.82) is 0 Å². The zero-order valence-electron chi connectivity index (χ0n) is 12.2. The molecule has 0 spiro atoms. The van der Waals surface area contributed by atoms with Gasteiger partial charge in [0.05, 0.1) is 16.7 Å². The summed E-state index contributed by atoms with van der Waals surface area (Å²) in [6, 6.07) is 20.4. The highest BCUT2D eigenvalue weighted by molar-refractivity contribution is 6.08. The summed E-state index contributed by atoms with van der Waals surface area (Å²) in [7, 11) is 0. The second kappa shape index (κ2) is 5.11. The van der Waals surface area contributed by atoms with E-state index in [0.717, 1.165) is 38.9 Å². The molecule has 4 rings (SSSR count). The van der Waals surface area contributed by atoms with Crippen LogP contribution in [0.2, 0.25) is 0 Å². The number of rotatable bonds is 2. The standard InChI is InChI=1S/C19H15N3/c1-13-10-11-18(20-12-13)22-19-14-6-2-4-8-16(14)21-17-9-5-3-7-15(17)19/h2-12H,1H3,(H,20,21,22). The molecule has 4 aromatic rings. The summed E-state index contributed by atoms with van der Waals surface area (Å²) in [5, 5.41) is 5.67. The molecular formula is C19H15N3. The molecule has 2 heterocycles. The number of anilines is 2. The number of para-hydroxylation sites is 2. The summed E-state index contributed by atoms with van der Waals surface area (Å²) in [5.74, 6) is 0.840. The van der Waals surface area contributed by atoms with Crippen LogP contribution in [0.5, 0.6) is 0 Å². The highest BCUT2D eigenvalue weighted by Gasteiger charge is 2.09. The molecule has 0 unspecified atom stereocenters. The van der Waals surface area contributed by atoms with Crippen LogP contribution in [0.1, 0.15) is 5.56 Å². The van der Waals surface area contributed by atoms with Gasteiger partial charge in [-0.2, -0.15) is 0 Å². The Morgan fingerprint density at radius 3 is 2.00 bits per heavy atom. The van der Waals surface area contributed by atoms with Crippen molar-refractivity contribution in [3.05, 3.63) is 72.4 Å². The first kappa shape index (κ1) is 12.8. The van der Waals surface area contributed by atoms with Gasteiger partial charge in [0.1, 0.15) is 5.82 Å². The van der Waals surface area contributed by atoms with Crippen LogP contribution in [0.25, 0.3) is 21.8 Å². The Kier molecular flexibility index (Phi) is 2.97. The third kappa shape index (κ3) is 2.17. The van der Waals surface area contributed by atoms with E-state index in [1.165, 1.54) is 0 Å². The number of aromatic nitrogens is 2. The van der Waals surface area contributed by atoms with E-state index in [4.69, 9.17) is 4.98 Å². The largest absolute Gasteiger partial charge is 0.339 e. The fourth-order valence-corrected chi connectivity index (χ4v) is 2.64. The molecule has 0 atom stereocenters. The van der Waals surface area contributed by atoms with Gasteiger partial charge in [-0.05, 0) is 30.7 Å². The van der Waals surface area contributed by atoms with Gasteiger partial charge in [0.2, 0.25) is 0 Å². The fourth-order valence-electron chi connectivity index (χ4n) is 2.64. The monoisotopic (exact) mass is 285 g/mol. The minimum Gasteiger partial charge on any atom is -0.339 e. The first-order chi connectivity index (χ1) is 10.8. The van der Waals surface area contributed by atoms with Crippen LogP contribution in [0, 0.1) is 6.92 Å². The lowest BCUT2D eigenvalue weighted by atomic mass is 10.1. The van der Waals surface area contributed by atoms with Crippen LogP contribution in [0.4, 0.5) is 11.5 Å². The molecule has 0 fully saturated rings. The number of nitrogens with one attached hydrogen (secondary N) is 1. The van der Waals surface area contributed by atoms with E-state index in [1.807, 2.05) is 55.6 Å². The average Bonchev–Trinajstić information content (AvgIpc) is 2.56. The van der Waals surface area contributed by atoms with E-state index >= 15 is 0 Å². The van der Waals surface area contributed by atoms with Gasteiger partial charge in [0.15, 0.2) is 0 Å². The molecule has 1 N–H and O–H groups in total. The number of hydrogen-bond donors (Lipinski definition) is 1. The molecule has 0 aliphatic carbocycles. The topological polar surface area (TPSA) is 37.8 Å². The third-order valence-corrected chi connectivity index (χ3v) is 3.75. The van der Waals surface area contributed by atoms with Crippen LogP contribution in [0.15, 0.2) is 66.9 Å². The Morgan fingerprint density at radius 2 is 1.41 bits per heavy atom. The van der Waals surface area contributed by atoms with E-state index in [9.17, 15) is 0 Å². The molecule has 3 nitrogen and oxygen atoms in total. The smallest absolute Gasteiger partial charge is 0.130 e. The van der Waals surface area contributed by atoms with Gasteiger partial charge < -0.3 is 5.32 Å². The lowest BCUT2D eigenvalue weighted by Crippen LogP contribution is -1.97. The van der Waals surface area contributed by atoms with Crippen molar-refractivity contribution < 1.29 is 0 Å². The lowest BCUT2D eigenvalue weighted by molar-refractivity contribution is 1.26. The predicted molar refractivity (Wildman–Crippen MR) is 91.5 cm³/mol. The predicted octanol–water partition coefficient (Wildman–Crippen LogP) is 4.84. The number of pyridine rings is 2. The minimum atomic E-state index is 0.840.